The van der Waals surface area contributed by atoms with Gasteiger partial charge >= 0.3 is 0 Å². The summed E-state index contributed by atoms with van der Waals surface area (Å²) in [7, 11) is 0. The van der Waals surface area contributed by atoms with E-state index in [0.29, 0.717) is 23.2 Å². The van der Waals surface area contributed by atoms with E-state index in [-0.39, 0.29) is 24.7 Å². The molecule has 5 nitrogen and oxygen atoms in total. The minimum atomic E-state index is -0.330. The first-order valence-corrected chi connectivity index (χ1v) is 10.0. The molecule has 2 aromatic heterocycles. The summed E-state index contributed by atoms with van der Waals surface area (Å²) >= 11 is 1.42. The largest absolute Gasteiger partial charge is 0.492 e. The number of aromatic nitrogens is 1. The molecule has 0 fully saturated rings. The molecule has 0 spiro atoms. The maximum atomic E-state index is 13.2. The summed E-state index contributed by atoms with van der Waals surface area (Å²) in [5, 5.41) is 0.565. The lowest BCUT2D eigenvalue weighted by molar-refractivity contribution is -0.118. The van der Waals surface area contributed by atoms with Gasteiger partial charge in [-0.05, 0) is 48.9 Å². The van der Waals surface area contributed by atoms with Crippen LogP contribution in [0.15, 0.2) is 65.3 Å². The summed E-state index contributed by atoms with van der Waals surface area (Å²) in [4.78, 5) is 19.4. The molecule has 0 N–H and O–H groups in total. The van der Waals surface area contributed by atoms with Crippen LogP contribution in [0.1, 0.15) is 18.2 Å². The Morgan fingerprint density at radius 1 is 1.17 bits per heavy atom. The Labute approximate surface area is 171 Å². The molecule has 29 heavy (non-hydrogen) atoms. The van der Waals surface area contributed by atoms with Gasteiger partial charge in [0.15, 0.2) is 5.13 Å². The maximum Gasteiger partial charge on any atom is 0.233 e. The molecule has 2 heterocycles. The van der Waals surface area contributed by atoms with Crippen molar-refractivity contribution in [2.75, 3.05) is 11.5 Å². The highest BCUT2D eigenvalue weighted by molar-refractivity contribution is 7.22. The second-order valence-corrected chi connectivity index (χ2v) is 7.40. The third-order valence-corrected chi connectivity index (χ3v) is 5.41. The number of rotatable bonds is 7. The van der Waals surface area contributed by atoms with Crippen molar-refractivity contribution in [1.29, 1.82) is 0 Å². The fourth-order valence-corrected chi connectivity index (χ4v) is 3.99. The summed E-state index contributed by atoms with van der Waals surface area (Å²) in [6, 6.07) is 15.3. The molecule has 148 valence electrons. The van der Waals surface area contributed by atoms with Gasteiger partial charge in [-0.3, -0.25) is 9.69 Å². The predicted octanol–water partition coefficient (Wildman–Crippen LogP) is 5.20. The van der Waals surface area contributed by atoms with Gasteiger partial charge < -0.3 is 9.15 Å². The number of hydrogen-bond donors (Lipinski definition) is 0. The van der Waals surface area contributed by atoms with Gasteiger partial charge in [0.05, 0.1) is 30.5 Å². The standard InChI is InChI=1S/C22H19FN2O3S/c1-2-27-18-6-3-7-19-21(18)24-22(29-19)25(14-17-5-4-12-28-17)20(26)13-15-8-10-16(23)11-9-15/h3-12H,2,13-14H2,1H3. The molecule has 0 unspecified atom stereocenters. The summed E-state index contributed by atoms with van der Waals surface area (Å²) in [6.45, 7) is 2.71. The lowest BCUT2D eigenvalue weighted by Gasteiger charge is -2.18. The highest BCUT2D eigenvalue weighted by atomic mass is 32.1. The zero-order valence-corrected chi connectivity index (χ0v) is 16.6. The van der Waals surface area contributed by atoms with Gasteiger partial charge in [-0.2, -0.15) is 0 Å². The SMILES string of the molecule is CCOc1cccc2sc(N(Cc3ccco3)C(=O)Cc3ccc(F)cc3)nc12. The molecular weight excluding hydrogens is 391 g/mol. The molecule has 2 aromatic carbocycles. The molecule has 4 rings (SSSR count). The number of benzene rings is 2. The Kier molecular flexibility index (Phi) is 5.57. The van der Waals surface area contributed by atoms with Crippen molar-refractivity contribution < 1.29 is 18.3 Å². The van der Waals surface area contributed by atoms with E-state index < -0.39 is 0 Å². The van der Waals surface area contributed by atoms with Crippen LogP contribution in [-0.2, 0) is 17.8 Å². The van der Waals surface area contributed by atoms with Crippen LogP contribution < -0.4 is 9.64 Å². The van der Waals surface area contributed by atoms with Gasteiger partial charge in [-0.1, -0.05) is 29.5 Å². The predicted molar refractivity (Wildman–Crippen MR) is 111 cm³/mol. The summed E-state index contributed by atoms with van der Waals surface area (Å²) in [6.07, 6.45) is 1.71. The van der Waals surface area contributed by atoms with Crippen LogP contribution >= 0.6 is 11.3 Å². The molecule has 0 aliphatic rings. The second-order valence-electron chi connectivity index (χ2n) is 6.39. The van der Waals surface area contributed by atoms with Crippen molar-refractivity contribution in [3.05, 3.63) is 78.0 Å². The Morgan fingerprint density at radius 3 is 2.72 bits per heavy atom. The van der Waals surface area contributed by atoms with Crippen molar-refractivity contribution in [1.82, 2.24) is 4.98 Å². The highest BCUT2D eigenvalue weighted by Gasteiger charge is 2.22. The Hall–Kier alpha value is -3.19. The number of carbonyl (C=O) groups is 1. The number of fused-ring (bicyclic) bond motifs is 1. The van der Waals surface area contributed by atoms with Crippen LogP contribution in [0.4, 0.5) is 9.52 Å². The Morgan fingerprint density at radius 2 is 2.00 bits per heavy atom. The number of para-hydroxylation sites is 1. The van der Waals surface area contributed by atoms with Crippen LogP contribution in [0.5, 0.6) is 5.75 Å². The molecule has 0 atom stereocenters. The smallest absolute Gasteiger partial charge is 0.233 e. The van der Waals surface area contributed by atoms with E-state index in [9.17, 15) is 9.18 Å². The van der Waals surface area contributed by atoms with Crippen molar-refractivity contribution >= 4 is 32.6 Å². The topological polar surface area (TPSA) is 55.6 Å². The molecule has 0 saturated carbocycles. The fourth-order valence-electron chi connectivity index (χ4n) is 2.99. The molecule has 0 bridgehead atoms. The first-order chi connectivity index (χ1) is 14.1. The van der Waals surface area contributed by atoms with E-state index in [0.717, 1.165) is 15.8 Å². The average Bonchev–Trinajstić information content (AvgIpc) is 3.38. The zero-order chi connectivity index (χ0) is 20.2. The van der Waals surface area contributed by atoms with Crippen molar-refractivity contribution in [2.45, 2.75) is 19.9 Å². The van der Waals surface area contributed by atoms with E-state index in [1.54, 1.807) is 29.4 Å². The number of amides is 1. The number of hydrogen-bond acceptors (Lipinski definition) is 5. The zero-order valence-electron chi connectivity index (χ0n) is 15.8. The highest BCUT2D eigenvalue weighted by Crippen LogP contribution is 2.35. The number of ether oxygens (including phenoxy) is 1. The van der Waals surface area contributed by atoms with E-state index in [1.165, 1.54) is 23.5 Å². The molecule has 0 radical (unpaired) electrons. The summed E-state index contributed by atoms with van der Waals surface area (Å²) in [5.74, 6) is 0.867. The summed E-state index contributed by atoms with van der Waals surface area (Å²) in [5.41, 5.74) is 1.46. The maximum absolute atomic E-state index is 13.2. The number of nitrogens with zero attached hydrogens (tertiary/aromatic N) is 2. The molecule has 4 aromatic rings. The molecular formula is C22H19FN2O3S. The van der Waals surface area contributed by atoms with Gasteiger partial charge in [0.1, 0.15) is 22.8 Å². The Bertz CT molecular complexity index is 1110. The number of carbonyl (C=O) groups excluding carboxylic acids is 1. The average molecular weight is 410 g/mol. The third kappa shape index (κ3) is 4.30. The van der Waals surface area contributed by atoms with Crippen LogP contribution in [0.3, 0.4) is 0 Å². The lowest BCUT2D eigenvalue weighted by atomic mass is 10.1. The third-order valence-electron chi connectivity index (χ3n) is 4.37. The molecule has 0 aliphatic heterocycles. The van der Waals surface area contributed by atoms with Gasteiger partial charge in [0.2, 0.25) is 5.91 Å². The van der Waals surface area contributed by atoms with Crippen molar-refractivity contribution in [3.63, 3.8) is 0 Å². The number of anilines is 1. The fraction of sp³-hybridized carbons (Fsp3) is 0.182. The number of thiazole rings is 1. The van der Waals surface area contributed by atoms with Crippen molar-refractivity contribution in [2.24, 2.45) is 0 Å². The monoisotopic (exact) mass is 410 g/mol. The normalized spacial score (nSPS) is 11.0. The lowest BCUT2D eigenvalue weighted by Crippen LogP contribution is -2.31. The quantitative estimate of drug-likeness (QED) is 0.420. The summed E-state index contributed by atoms with van der Waals surface area (Å²) < 4.78 is 25.2. The second kappa shape index (κ2) is 8.45. The first-order valence-electron chi connectivity index (χ1n) is 9.23. The van der Waals surface area contributed by atoms with E-state index in [4.69, 9.17) is 9.15 Å². The van der Waals surface area contributed by atoms with Crippen LogP contribution in [-0.4, -0.2) is 17.5 Å². The van der Waals surface area contributed by atoms with Crippen LogP contribution in [0.25, 0.3) is 10.2 Å². The van der Waals surface area contributed by atoms with Crippen molar-refractivity contribution in [3.8, 4) is 5.75 Å². The van der Waals surface area contributed by atoms with Gasteiger partial charge in [0.25, 0.3) is 0 Å². The van der Waals surface area contributed by atoms with E-state index in [1.807, 2.05) is 31.2 Å². The molecule has 1 amide bonds. The van der Waals surface area contributed by atoms with Crippen LogP contribution in [0.2, 0.25) is 0 Å². The van der Waals surface area contributed by atoms with Gasteiger partial charge in [-0.15, -0.1) is 0 Å². The van der Waals surface area contributed by atoms with Crippen LogP contribution in [0, 0.1) is 5.82 Å². The first kappa shape index (κ1) is 19.1. The number of halogens is 1. The van der Waals surface area contributed by atoms with E-state index >= 15 is 0 Å². The van der Waals surface area contributed by atoms with E-state index in [2.05, 4.69) is 4.98 Å². The van der Waals surface area contributed by atoms with Gasteiger partial charge in [-0.25, -0.2) is 9.37 Å². The minimum Gasteiger partial charge on any atom is -0.492 e. The molecule has 0 aliphatic carbocycles. The molecule has 7 heteroatoms. The van der Waals surface area contributed by atoms with Gasteiger partial charge in [0, 0.05) is 0 Å². The number of furan rings is 1. The minimum absolute atomic E-state index is 0.134. The molecule has 0 saturated heterocycles. The Balaban J connectivity index is 1.68.